The Bertz CT molecular complexity index is 363. The highest BCUT2D eigenvalue weighted by Gasteiger charge is 2.22. The second kappa shape index (κ2) is 8.53. The molecule has 0 saturated heterocycles. The van der Waals surface area contributed by atoms with Crippen LogP contribution in [-0.2, 0) is 16.1 Å². The van der Waals surface area contributed by atoms with E-state index in [9.17, 15) is 4.79 Å². The third-order valence-electron chi connectivity index (χ3n) is 2.87. The molecule has 1 aromatic rings. The number of amides is 1. The lowest BCUT2D eigenvalue weighted by molar-refractivity contribution is -0.0328. The van der Waals surface area contributed by atoms with Crippen LogP contribution in [0, 0.1) is 0 Å². The van der Waals surface area contributed by atoms with E-state index in [1.54, 1.807) is 12.0 Å². The number of ether oxygens (including phenoxy) is 2. The van der Waals surface area contributed by atoms with Crippen molar-refractivity contribution in [3.05, 3.63) is 35.9 Å². The molecule has 106 valence electrons. The predicted molar refractivity (Wildman–Crippen MR) is 74.7 cm³/mol. The summed E-state index contributed by atoms with van der Waals surface area (Å²) in [5.41, 5.74) is 0.984. The summed E-state index contributed by atoms with van der Waals surface area (Å²) in [6.07, 6.45) is 1.08. The van der Waals surface area contributed by atoms with Crippen molar-refractivity contribution in [1.29, 1.82) is 0 Å². The number of benzene rings is 1. The Morgan fingerprint density at radius 2 is 1.95 bits per heavy atom. The van der Waals surface area contributed by atoms with E-state index in [-0.39, 0.29) is 12.3 Å². The van der Waals surface area contributed by atoms with Crippen LogP contribution in [0.5, 0.6) is 0 Å². The van der Waals surface area contributed by atoms with Crippen LogP contribution < -0.4 is 0 Å². The molecule has 0 aliphatic rings. The number of hydrogen-bond acceptors (Lipinski definition) is 3. The van der Waals surface area contributed by atoms with Gasteiger partial charge in [0.05, 0.1) is 0 Å². The summed E-state index contributed by atoms with van der Waals surface area (Å²) in [6.45, 7) is 4.95. The number of carbonyl (C=O) groups excluding carboxylic acids is 1. The quantitative estimate of drug-likeness (QED) is 0.709. The normalized spacial score (nSPS) is 11.9. The van der Waals surface area contributed by atoms with Crippen LogP contribution in [0.15, 0.2) is 30.3 Å². The lowest BCUT2D eigenvalue weighted by Gasteiger charge is -2.28. The Kier molecular flexibility index (Phi) is 6.97. The first-order chi connectivity index (χ1) is 9.22. The molecule has 0 aromatic heterocycles. The van der Waals surface area contributed by atoms with Crippen molar-refractivity contribution in [2.75, 3.05) is 13.7 Å². The summed E-state index contributed by atoms with van der Waals surface area (Å²) in [6, 6.07) is 9.66. The fourth-order valence-corrected chi connectivity index (χ4v) is 1.91. The number of carbonyl (C=O) groups is 1. The van der Waals surface area contributed by atoms with Gasteiger partial charge in [-0.15, -0.1) is 0 Å². The van der Waals surface area contributed by atoms with Gasteiger partial charge in [-0.2, -0.15) is 0 Å². The van der Waals surface area contributed by atoms with Crippen molar-refractivity contribution in [3.8, 4) is 0 Å². The predicted octanol–water partition coefficient (Wildman–Crippen LogP) is 3.42. The fourth-order valence-electron chi connectivity index (χ4n) is 1.91. The summed E-state index contributed by atoms with van der Waals surface area (Å²) in [5, 5.41) is 0. The zero-order valence-corrected chi connectivity index (χ0v) is 12.0. The summed E-state index contributed by atoms with van der Waals surface area (Å²) >= 11 is 0. The molecule has 1 aromatic carbocycles. The molecule has 0 saturated carbocycles. The molecule has 0 radical (unpaired) electrons. The molecule has 4 heteroatoms. The Morgan fingerprint density at radius 1 is 1.26 bits per heavy atom. The lowest BCUT2D eigenvalue weighted by Crippen LogP contribution is -2.41. The molecule has 0 aliphatic heterocycles. The second-order valence-corrected chi connectivity index (χ2v) is 4.33. The molecule has 1 amide bonds. The molecule has 1 atom stereocenters. The number of hydrogen-bond donors (Lipinski definition) is 0. The molecule has 1 rings (SSSR count). The Labute approximate surface area is 115 Å². The first kappa shape index (κ1) is 15.5. The van der Waals surface area contributed by atoms with Crippen molar-refractivity contribution in [2.45, 2.75) is 39.5 Å². The van der Waals surface area contributed by atoms with E-state index in [1.807, 2.05) is 44.2 Å². The zero-order chi connectivity index (χ0) is 14.1. The van der Waals surface area contributed by atoms with Crippen LogP contribution in [-0.4, -0.2) is 30.9 Å². The van der Waals surface area contributed by atoms with Crippen LogP contribution in [0.3, 0.4) is 0 Å². The van der Waals surface area contributed by atoms with Gasteiger partial charge in [0.15, 0.2) is 0 Å². The molecule has 0 N–H and O–H groups in total. The highest BCUT2D eigenvalue weighted by atomic mass is 16.6. The molecule has 4 nitrogen and oxygen atoms in total. The van der Waals surface area contributed by atoms with Crippen LogP contribution in [0.2, 0.25) is 0 Å². The molecule has 19 heavy (non-hydrogen) atoms. The average molecular weight is 265 g/mol. The third-order valence-corrected chi connectivity index (χ3v) is 2.87. The summed E-state index contributed by atoms with van der Waals surface area (Å²) in [7, 11) is 1.61. The van der Waals surface area contributed by atoms with Gasteiger partial charge in [-0.05, 0) is 18.4 Å². The van der Waals surface area contributed by atoms with E-state index in [0.717, 1.165) is 18.4 Å². The molecule has 1 unspecified atom stereocenters. The number of nitrogens with zero attached hydrogens (tertiary/aromatic N) is 1. The standard InChI is InChI=1S/C15H23NO3/c1-4-11-16(14(5-2)18-3)15(17)19-12-13-9-7-6-8-10-13/h6-10,14H,4-5,11-12H2,1-3H3. The van der Waals surface area contributed by atoms with Gasteiger partial charge in [-0.3, -0.25) is 4.90 Å². The first-order valence-corrected chi connectivity index (χ1v) is 6.73. The van der Waals surface area contributed by atoms with Gasteiger partial charge in [-0.1, -0.05) is 44.2 Å². The minimum absolute atomic E-state index is 0.219. The highest BCUT2D eigenvalue weighted by Crippen LogP contribution is 2.10. The molecule has 0 bridgehead atoms. The van der Waals surface area contributed by atoms with E-state index in [4.69, 9.17) is 9.47 Å². The summed E-state index contributed by atoms with van der Waals surface area (Å²) in [5.74, 6) is 0. The lowest BCUT2D eigenvalue weighted by atomic mass is 10.2. The Morgan fingerprint density at radius 3 is 2.47 bits per heavy atom. The van der Waals surface area contributed by atoms with Gasteiger partial charge in [0.2, 0.25) is 0 Å². The van der Waals surface area contributed by atoms with Crippen molar-refractivity contribution in [3.63, 3.8) is 0 Å². The molecule has 0 heterocycles. The topological polar surface area (TPSA) is 38.8 Å². The van der Waals surface area contributed by atoms with Crippen LogP contribution >= 0.6 is 0 Å². The van der Waals surface area contributed by atoms with E-state index < -0.39 is 0 Å². The molecular weight excluding hydrogens is 242 g/mol. The summed E-state index contributed by atoms with van der Waals surface area (Å²) in [4.78, 5) is 13.7. The minimum atomic E-state index is -0.320. The average Bonchev–Trinajstić information content (AvgIpc) is 2.46. The molecule has 0 fully saturated rings. The molecular formula is C15H23NO3. The van der Waals surface area contributed by atoms with Gasteiger partial charge in [0.1, 0.15) is 12.8 Å². The van der Waals surface area contributed by atoms with Crippen LogP contribution in [0.1, 0.15) is 32.3 Å². The van der Waals surface area contributed by atoms with Crippen molar-refractivity contribution >= 4 is 6.09 Å². The zero-order valence-electron chi connectivity index (χ0n) is 12.0. The largest absolute Gasteiger partial charge is 0.444 e. The van der Waals surface area contributed by atoms with Crippen LogP contribution in [0.25, 0.3) is 0 Å². The maximum Gasteiger partial charge on any atom is 0.412 e. The molecule has 0 spiro atoms. The molecule has 0 aliphatic carbocycles. The Balaban J connectivity index is 2.57. The second-order valence-electron chi connectivity index (χ2n) is 4.33. The smallest absolute Gasteiger partial charge is 0.412 e. The summed E-state index contributed by atoms with van der Waals surface area (Å²) < 4.78 is 10.6. The van der Waals surface area contributed by atoms with Gasteiger partial charge < -0.3 is 9.47 Å². The Hall–Kier alpha value is -1.55. The number of methoxy groups -OCH3 is 1. The SMILES string of the molecule is CCCN(C(=O)OCc1ccccc1)C(CC)OC. The fraction of sp³-hybridized carbons (Fsp3) is 0.533. The maximum absolute atomic E-state index is 12.1. The van der Waals surface area contributed by atoms with Crippen LogP contribution in [0.4, 0.5) is 4.79 Å². The first-order valence-electron chi connectivity index (χ1n) is 6.73. The van der Waals surface area contributed by atoms with Gasteiger partial charge in [0.25, 0.3) is 0 Å². The van der Waals surface area contributed by atoms with Crippen molar-refractivity contribution in [1.82, 2.24) is 4.90 Å². The van der Waals surface area contributed by atoms with E-state index >= 15 is 0 Å². The van der Waals surface area contributed by atoms with Gasteiger partial charge in [0, 0.05) is 13.7 Å². The monoisotopic (exact) mass is 265 g/mol. The number of rotatable bonds is 7. The van der Waals surface area contributed by atoms with Gasteiger partial charge in [-0.25, -0.2) is 4.79 Å². The van der Waals surface area contributed by atoms with Crippen molar-refractivity contribution < 1.29 is 14.3 Å². The maximum atomic E-state index is 12.1. The van der Waals surface area contributed by atoms with Gasteiger partial charge >= 0.3 is 6.09 Å². The van der Waals surface area contributed by atoms with E-state index in [1.165, 1.54) is 0 Å². The van der Waals surface area contributed by atoms with Crippen molar-refractivity contribution in [2.24, 2.45) is 0 Å². The van der Waals surface area contributed by atoms with E-state index in [0.29, 0.717) is 13.2 Å². The highest BCUT2D eigenvalue weighted by molar-refractivity contribution is 5.67. The third kappa shape index (κ3) is 4.91. The van der Waals surface area contributed by atoms with E-state index in [2.05, 4.69) is 0 Å². The minimum Gasteiger partial charge on any atom is -0.444 e.